The predicted molar refractivity (Wildman–Crippen MR) is 117 cm³/mol. The molecule has 2 aliphatic rings. The standard InChI is InChI=1S/C23H19F3N6O2/c1-12-5-6-14(29-19(33)15-3-2-4-17(30-15)23(24,25)26)9-16(12)32-11-13-10-28-21(27)31-18(13)22(7-8-22)20(32)34/h2-6,9-10H,7-8,11H2,1H3,(H,29,33)(H2,27,28,31). The van der Waals surface area contributed by atoms with Gasteiger partial charge in [-0.3, -0.25) is 9.59 Å². The highest BCUT2D eigenvalue weighted by atomic mass is 19.4. The molecule has 0 saturated heterocycles. The molecule has 174 valence electrons. The van der Waals surface area contributed by atoms with Crippen LogP contribution in [0, 0.1) is 6.92 Å². The number of alkyl halides is 3. The number of aryl methyl sites for hydroxylation is 1. The zero-order valence-corrected chi connectivity index (χ0v) is 18.0. The van der Waals surface area contributed by atoms with Crippen LogP contribution in [-0.4, -0.2) is 26.8 Å². The second kappa shape index (κ2) is 7.51. The first-order chi connectivity index (χ1) is 16.1. The lowest BCUT2D eigenvalue weighted by atomic mass is 9.91. The average Bonchev–Trinajstić information content (AvgIpc) is 3.60. The molecule has 0 unspecified atom stereocenters. The van der Waals surface area contributed by atoms with Gasteiger partial charge in [-0.2, -0.15) is 13.2 Å². The molecule has 8 nitrogen and oxygen atoms in total. The number of anilines is 3. The van der Waals surface area contributed by atoms with Crippen LogP contribution in [0.1, 0.15) is 45.8 Å². The monoisotopic (exact) mass is 468 g/mol. The summed E-state index contributed by atoms with van der Waals surface area (Å²) in [7, 11) is 0. The number of aromatic nitrogens is 3. The number of hydrogen-bond acceptors (Lipinski definition) is 6. The first kappa shape index (κ1) is 21.8. The minimum absolute atomic E-state index is 0.107. The molecule has 3 N–H and O–H groups in total. The maximum absolute atomic E-state index is 13.4. The molecule has 0 radical (unpaired) electrons. The Morgan fingerprint density at radius 1 is 1.18 bits per heavy atom. The Balaban J connectivity index is 1.45. The molecule has 2 amide bonds. The molecule has 2 aromatic heterocycles. The number of nitrogens with two attached hydrogens (primary N) is 1. The molecule has 1 fully saturated rings. The maximum Gasteiger partial charge on any atom is 0.433 e. The number of carbonyl (C=O) groups excluding carboxylic acids is 2. The fourth-order valence-electron chi connectivity index (χ4n) is 4.21. The third-order valence-corrected chi connectivity index (χ3v) is 6.10. The quantitative estimate of drug-likeness (QED) is 0.607. The van der Waals surface area contributed by atoms with Crippen molar-refractivity contribution >= 4 is 29.1 Å². The molecule has 1 aromatic carbocycles. The topological polar surface area (TPSA) is 114 Å². The van der Waals surface area contributed by atoms with Gasteiger partial charge >= 0.3 is 6.18 Å². The first-order valence-corrected chi connectivity index (χ1v) is 10.5. The Kier molecular flexibility index (Phi) is 4.81. The number of nitrogens with zero attached hydrogens (tertiary/aromatic N) is 4. The van der Waals surface area contributed by atoms with Gasteiger partial charge in [0, 0.05) is 23.1 Å². The van der Waals surface area contributed by atoms with Crippen molar-refractivity contribution in [1.29, 1.82) is 0 Å². The number of amides is 2. The van der Waals surface area contributed by atoms with Crippen molar-refractivity contribution in [3.63, 3.8) is 0 Å². The molecule has 0 bridgehead atoms. The normalized spacial score (nSPS) is 16.4. The number of fused-ring (bicyclic) bond motifs is 2. The van der Waals surface area contributed by atoms with E-state index in [0.717, 1.165) is 23.3 Å². The fraction of sp³-hybridized carbons (Fsp3) is 0.261. The molecule has 1 aliphatic carbocycles. The highest BCUT2D eigenvalue weighted by molar-refractivity contribution is 6.06. The molecular formula is C23H19F3N6O2. The molecule has 3 aromatic rings. The fourth-order valence-corrected chi connectivity index (χ4v) is 4.21. The number of nitrogen functional groups attached to an aromatic ring is 1. The molecule has 1 spiro atoms. The zero-order valence-electron chi connectivity index (χ0n) is 18.0. The number of benzene rings is 1. The Bertz CT molecular complexity index is 1340. The first-order valence-electron chi connectivity index (χ1n) is 10.5. The lowest BCUT2D eigenvalue weighted by Gasteiger charge is -2.34. The SMILES string of the molecule is Cc1ccc(NC(=O)c2cccc(C(F)(F)F)n2)cc1N1Cc2cnc(N)nc2C2(CC2)C1=O. The van der Waals surface area contributed by atoms with E-state index in [1.54, 1.807) is 29.3 Å². The van der Waals surface area contributed by atoms with Gasteiger partial charge in [-0.25, -0.2) is 15.0 Å². The summed E-state index contributed by atoms with van der Waals surface area (Å²) >= 11 is 0. The highest BCUT2D eigenvalue weighted by Gasteiger charge is 2.58. The lowest BCUT2D eigenvalue weighted by Crippen LogP contribution is -2.45. The summed E-state index contributed by atoms with van der Waals surface area (Å²) in [6, 6.07) is 8.09. The van der Waals surface area contributed by atoms with E-state index >= 15 is 0 Å². The van der Waals surface area contributed by atoms with E-state index < -0.39 is 23.2 Å². The van der Waals surface area contributed by atoms with Crippen molar-refractivity contribution in [2.45, 2.75) is 37.9 Å². The Hall–Kier alpha value is -4.02. The van der Waals surface area contributed by atoms with Gasteiger partial charge in [-0.1, -0.05) is 12.1 Å². The summed E-state index contributed by atoms with van der Waals surface area (Å²) in [5, 5.41) is 2.57. The largest absolute Gasteiger partial charge is 0.433 e. The number of pyridine rings is 1. The summed E-state index contributed by atoms with van der Waals surface area (Å²) in [6.45, 7) is 2.07. The predicted octanol–water partition coefficient (Wildman–Crippen LogP) is 3.61. The zero-order chi connectivity index (χ0) is 24.3. The number of carbonyl (C=O) groups is 2. The van der Waals surface area contributed by atoms with Gasteiger partial charge in [-0.15, -0.1) is 0 Å². The Labute approximate surface area is 192 Å². The molecule has 0 atom stereocenters. The van der Waals surface area contributed by atoms with Crippen molar-refractivity contribution in [2.75, 3.05) is 16.0 Å². The van der Waals surface area contributed by atoms with Crippen molar-refractivity contribution in [3.05, 3.63) is 70.8 Å². The molecule has 1 saturated carbocycles. The van der Waals surface area contributed by atoms with Crippen LogP contribution in [0.5, 0.6) is 0 Å². The van der Waals surface area contributed by atoms with E-state index in [1.807, 2.05) is 6.92 Å². The molecule has 11 heteroatoms. The van der Waals surface area contributed by atoms with E-state index in [9.17, 15) is 22.8 Å². The van der Waals surface area contributed by atoms with Crippen molar-refractivity contribution in [2.24, 2.45) is 0 Å². The van der Waals surface area contributed by atoms with Crippen molar-refractivity contribution in [1.82, 2.24) is 15.0 Å². The van der Waals surface area contributed by atoms with Gasteiger partial charge in [0.2, 0.25) is 11.9 Å². The molecule has 34 heavy (non-hydrogen) atoms. The number of hydrogen-bond donors (Lipinski definition) is 2. The molecule has 3 heterocycles. The van der Waals surface area contributed by atoms with Gasteiger partial charge < -0.3 is 16.0 Å². The van der Waals surface area contributed by atoms with E-state index in [1.165, 1.54) is 6.07 Å². The Morgan fingerprint density at radius 2 is 1.94 bits per heavy atom. The number of halogens is 3. The minimum atomic E-state index is -4.66. The highest BCUT2D eigenvalue weighted by Crippen LogP contribution is 2.53. The van der Waals surface area contributed by atoms with Crippen LogP contribution in [0.25, 0.3) is 0 Å². The van der Waals surface area contributed by atoms with Crippen LogP contribution < -0.4 is 16.0 Å². The summed E-state index contributed by atoms with van der Waals surface area (Å²) in [4.78, 5) is 39.5. The van der Waals surface area contributed by atoms with E-state index in [-0.39, 0.29) is 24.1 Å². The summed E-state index contributed by atoms with van der Waals surface area (Å²) in [5.74, 6) is -0.779. The number of nitrogens with one attached hydrogen (secondary N) is 1. The van der Waals surface area contributed by atoms with Crippen LogP contribution in [0.3, 0.4) is 0 Å². The third kappa shape index (κ3) is 3.62. The summed E-state index contributed by atoms with van der Waals surface area (Å²) in [5.41, 5.74) is 6.65. The van der Waals surface area contributed by atoms with E-state index in [0.29, 0.717) is 29.9 Å². The lowest BCUT2D eigenvalue weighted by molar-refractivity contribution is -0.141. The second-order valence-electron chi connectivity index (χ2n) is 8.44. The van der Waals surface area contributed by atoms with Gasteiger partial charge in [0.15, 0.2) is 0 Å². The maximum atomic E-state index is 13.4. The molecule has 5 rings (SSSR count). The Morgan fingerprint density at radius 3 is 2.65 bits per heavy atom. The van der Waals surface area contributed by atoms with Crippen molar-refractivity contribution < 1.29 is 22.8 Å². The van der Waals surface area contributed by atoms with Gasteiger partial charge in [0.25, 0.3) is 5.91 Å². The molecular weight excluding hydrogens is 449 g/mol. The van der Waals surface area contributed by atoms with Crippen LogP contribution >= 0.6 is 0 Å². The summed E-state index contributed by atoms with van der Waals surface area (Å²) < 4.78 is 38.8. The minimum Gasteiger partial charge on any atom is -0.368 e. The average molecular weight is 468 g/mol. The van der Waals surface area contributed by atoms with Crippen LogP contribution in [0.2, 0.25) is 0 Å². The summed E-state index contributed by atoms with van der Waals surface area (Å²) in [6.07, 6.45) is -1.73. The van der Waals surface area contributed by atoms with E-state index in [4.69, 9.17) is 5.73 Å². The smallest absolute Gasteiger partial charge is 0.368 e. The van der Waals surface area contributed by atoms with Crippen LogP contribution in [0.4, 0.5) is 30.5 Å². The van der Waals surface area contributed by atoms with Crippen LogP contribution in [0.15, 0.2) is 42.6 Å². The molecule has 1 aliphatic heterocycles. The second-order valence-corrected chi connectivity index (χ2v) is 8.44. The van der Waals surface area contributed by atoms with Crippen LogP contribution in [-0.2, 0) is 22.9 Å². The van der Waals surface area contributed by atoms with Gasteiger partial charge in [0.05, 0.1) is 17.7 Å². The third-order valence-electron chi connectivity index (χ3n) is 6.10. The number of rotatable bonds is 3. The van der Waals surface area contributed by atoms with Crippen molar-refractivity contribution in [3.8, 4) is 0 Å². The van der Waals surface area contributed by atoms with Gasteiger partial charge in [-0.05, 0) is 49.6 Å². The van der Waals surface area contributed by atoms with E-state index in [2.05, 4.69) is 20.3 Å². The van der Waals surface area contributed by atoms with Gasteiger partial charge in [0.1, 0.15) is 11.4 Å².